The van der Waals surface area contributed by atoms with Gasteiger partial charge < -0.3 is 15.0 Å². The standard InChI is InChI=1S/C15H26N4O/c1-12(2)7-16-8-14-9-17-10-15(18-14)19-5-4-6-20-13(3)11-19/h9-10,12-13,16H,4-8,11H2,1-3H3. The van der Waals surface area contributed by atoms with Crippen LogP contribution in [0.1, 0.15) is 32.9 Å². The maximum absolute atomic E-state index is 5.67. The summed E-state index contributed by atoms with van der Waals surface area (Å²) in [6.07, 6.45) is 4.99. The molecule has 0 bridgehead atoms. The molecule has 20 heavy (non-hydrogen) atoms. The van der Waals surface area contributed by atoms with Crippen LogP contribution in [0.4, 0.5) is 5.82 Å². The SMILES string of the molecule is CC(C)CNCc1cncc(N2CCCOC(C)C2)n1. The molecule has 0 saturated carbocycles. The van der Waals surface area contributed by atoms with E-state index < -0.39 is 0 Å². The van der Waals surface area contributed by atoms with Gasteiger partial charge in [-0.05, 0) is 25.8 Å². The second-order valence-corrected chi connectivity index (χ2v) is 5.87. The summed E-state index contributed by atoms with van der Waals surface area (Å²) in [7, 11) is 0. The number of hydrogen-bond donors (Lipinski definition) is 1. The number of nitrogens with zero attached hydrogens (tertiary/aromatic N) is 3. The van der Waals surface area contributed by atoms with Crippen LogP contribution in [0.2, 0.25) is 0 Å². The Morgan fingerprint density at radius 3 is 3.10 bits per heavy atom. The molecule has 1 fully saturated rings. The van der Waals surface area contributed by atoms with Gasteiger partial charge in [0.2, 0.25) is 0 Å². The maximum Gasteiger partial charge on any atom is 0.147 e. The quantitative estimate of drug-likeness (QED) is 0.890. The smallest absolute Gasteiger partial charge is 0.147 e. The first kappa shape index (κ1) is 15.2. The zero-order chi connectivity index (χ0) is 14.4. The Kier molecular flexibility index (Phi) is 5.73. The molecule has 1 aliphatic rings. The van der Waals surface area contributed by atoms with Gasteiger partial charge in [-0.25, -0.2) is 4.98 Å². The number of aromatic nitrogens is 2. The number of anilines is 1. The van der Waals surface area contributed by atoms with Gasteiger partial charge in [0.15, 0.2) is 0 Å². The second-order valence-electron chi connectivity index (χ2n) is 5.87. The van der Waals surface area contributed by atoms with Crippen molar-refractivity contribution in [3.8, 4) is 0 Å². The Labute approximate surface area is 121 Å². The highest BCUT2D eigenvalue weighted by Gasteiger charge is 2.16. The molecule has 1 aromatic rings. The van der Waals surface area contributed by atoms with E-state index in [0.29, 0.717) is 5.92 Å². The van der Waals surface area contributed by atoms with Crippen LogP contribution in [0.25, 0.3) is 0 Å². The van der Waals surface area contributed by atoms with Gasteiger partial charge in [-0.2, -0.15) is 0 Å². The lowest BCUT2D eigenvalue weighted by atomic mass is 10.2. The van der Waals surface area contributed by atoms with Crippen LogP contribution in [0.3, 0.4) is 0 Å². The number of hydrogen-bond acceptors (Lipinski definition) is 5. The van der Waals surface area contributed by atoms with E-state index in [1.54, 1.807) is 0 Å². The lowest BCUT2D eigenvalue weighted by molar-refractivity contribution is 0.0820. The molecule has 0 spiro atoms. The van der Waals surface area contributed by atoms with Crippen LogP contribution in [0, 0.1) is 5.92 Å². The van der Waals surface area contributed by atoms with E-state index in [0.717, 1.165) is 50.7 Å². The lowest BCUT2D eigenvalue weighted by Gasteiger charge is -2.23. The first-order chi connectivity index (χ1) is 9.65. The van der Waals surface area contributed by atoms with E-state index in [1.165, 1.54) is 0 Å². The average molecular weight is 278 g/mol. The summed E-state index contributed by atoms with van der Waals surface area (Å²) in [6.45, 7) is 11.0. The fourth-order valence-electron chi connectivity index (χ4n) is 2.32. The van der Waals surface area contributed by atoms with Crippen molar-refractivity contribution in [2.45, 2.75) is 39.8 Å². The molecule has 2 heterocycles. The third kappa shape index (κ3) is 4.72. The van der Waals surface area contributed by atoms with Crippen molar-refractivity contribution >= 4 is 5.82 Å². The van der Waals surface area contributed by atoms with Crippen molar-refractivity contribution in [2.75, 3.05) is 31.1 Å². The topological polar surface area (TPSA) is 50.3 Å². The number of ether oxygens (including phenoxy) is 1. The van der Waals surface area contributed by atoms with Crippen LogP contribution in [-0.2, 0) is 11.3 Å². The molecule has 0 radical (unpaired) electrons. The highest BCUT2D eigenvalue weighted by atomic mass is 16.5. The minimum absolute atomic E-state index is 0.252. The highest BCUT2D eigenvalue weighted by molar-refractivity contribution is 5.36. The molecule has 2 rings (SSSR count). The Morgan fingerprint density at radius 1 is 1.45 bits per heavy atom. The fourth-order valence-corrected chi connectivity index (χ4v) is 2.32. The first-order valence-corrected chi connectivity index (χ1v) is 7.53. The molecule has 1 aliphatic heterocycles. The van der Waals surface area contributed by atoms with Gasteiger partial charge in [0, 0.05) is 32.4 Å². The summed E-state index contributed by atoms with van der Waals surface area (Å²) < 4.78 is 5.67. The molecule has 1 saturated heterocycles. The van der Waals surface area contributed by atoms with Crippen molar-refractivity contribution in [2.24, 2.45) is 5.92 Å². The van der Waals surface area contributed by atoms with Gasteiger partial charge in [-0.3, -0.25) is 4.98 Å². The van der Waals surface area contributed by atoms with Gasteiger partial charge in [-0.1, -0.05) is 13.8 Å². The van der Waals surface area contributed by atoms with Crippen molar-refractivity contribution in [1.29, 1.82) is 0 Å². The number of nitrogens with one attached hydrogen (secondary N) is 1. The zero-order valence-corrected chi connectivity index (χ0v) is 12.8. The fraction of sp³-hybridized carbons (Fsp3) is 0.733. The predicted molar refractivity (Wildman–Crippen MR) is 80.8 cm³/mol. The van der Waals surface area contributed by atoms with Crippen LogP contribution in [-0.4, -0.2) is 42.3 Å². The maximum atomic E-state index is 5.67. The van der Waals surface area contributed by atoms with Crippen LogP contribution < -0.4 is 10.2 Å². The summed E-state index contributed by atoms with van der Waals surface area (Å²) in [5.41, 5.74) is 1.00. The van der Waals surface area contributed by atoms with E-state index in [-0.39, 0.29) is 6.10 Å². The lowest BCUT2D eigenvalue weighted by Crippen LogP contribution is -2.31. The van der Waals surface area contributed by atoms with E-state index in [2.05, 4.69) is 36.0 Å². The van der Waals surface area contributed by atoms with Gasteiger partial charge in [-0.15, -0.1) is 0 Å². The molecule has 112 valence electrons. The van der Waals surface area contributed by atoms with Crippen molar-refractivity contribution in [3.63, 3.8) is 0 Å². The van der Waals surface area contributed by atoms with Gasteiger partial charge in [0.05, 0.1) is 18.0 Å². The number of rotatable bonds is 5. The molecule has 5 heteroatoms. The predicted octanol–water partition coefficient (Wildman–Crippen LogP) is 1.84. The molecule has 1 aromatic heterocycles. The molecular formula is C15H26N4O. The third-order valence-corrected chi connectivity index (χ3v) is 3.31. The van der Waals surface area contributed by atoms with Gasteiger partial charge in [0.25, 0.3) is 0 Å². The van der Waals surface area contributed by atoms with Gasteiger partial charge >= 0.3 is 0 Å². The van der Waals surface area contributed by atoms with Crippen molar-refractivity contribution < 1.29 is 4.74 Å². The molecule has 0 aromatic carbocycles. The molecule has 0 amide bonds. The summed E-state index contributed by atoms with van der Waals surface area (Å²) in [4.78, 5) is 11.3. The van der Waals surface area contributed by atoms with Crippen LogP contribution in [0.15, 0.2) is 12.4 Å². The Morgan fingerprint density at radius 2 is 2.30 bits per heavy atom. The monoisotopic (exact) mass is 278 g/mol. The molecular weight excluding hydrogens is 252 g/mol. The van der Waals surface area contributed by atoms with Crippen LogP contribution >= 0.6 is 0 Å². The summed E-state index contributed by atoms with van der Waals surface area (Å²) >= 11 is 0. The first-order valence-electron chi connectivity index (χ1n) is 7.53. The normalized spacial score (nSPS) is 20.2. The average Bonchev–Trinajstić information content (AvgIpc) is 2.63. The minimum Gasteiger partial charge on any atom is -0.377 e. The largest absolute Gasteiger partial charge is 0.377 e. The Bertz CT molecular complexity index is 411. The van der Waals surface area contributed by atoms with E-state index >= 15 is 0 Å². The molecule has 1 N–H and O–H groups in total. The van der Waals surface area contributed by atoms with E-state index in [4.69, 9.17) is 9.72 Å². The second kappa shape index (κ2) is 7.55. The zero-order valence-electron chi connectivity index (χ0n) is 12.8. The molecule has 1 atom stereocenters. The van der Waals surface area contributed by atoms with Crippen molar-refractivity contribution in [1.82, 2.24) is 15.3 Å². The van der Waals surface area contributed by atoms with Crippen molar-refractivity contribution in [3.05, 3.63) is 18.1 Å². The molecule has 0 aliphatic carbocycles. The van der Waals surface area contributed by atoms with E-state index in [1.807, 2.05) is 12.4 Å². The highest BCUT2D eigenvalue weighted by Crippen LogP contribution is 2.14. The Hall–Kier alpha value is -1.20. The van der Waals surface area contributed by atoms with E-state index in [9.17, 15) is 0 Å². The Balaban J connectivity index is 1.97. The summed E-state index contributed by atoms with van der Waals surface area (Å²) in [6, 6.07) is 0. The van der Waals surface area contributed by atoms with Crippen LogP contribution in [0.5, 0.6) is 0 Å². The summed E-state index contributed by atoms with van der Waals surface area (Å²) in [5, 5.41) is 3.41. The van der Waals surface area contributed by atoms with Gasteiger partial charge in [0.1, 0.15) is 5.82 Å². The summed E-state index contributed by atoms with van der Waals surface area (Å²) in [5.74, 6) is 1.61. The minimum atomic E-state index is 0.252. The third-order valence-electron chi connectivity index (χ3n) is 3.31. The molecule has 5 nitrogen and oxygen atoms in total. The molecule has 1 unspecified atom stereocenters.